The fraction of sp³-hybridized carbons (Fsp3) is 0.625. The zero-order valence-corrected chi connectivity index (χ0v) is 12.8. The van der Waals surface area contributed by atoms with Gasteiger partial charge in [0.25, 0.3) is 0 Å². The van der Waals surface area contributed by atoms with Gasteiger partial charge in [0.1, 0.15) is 0 Å². The molecule has 0 saturated carbocycles. The molecular weight excluding hydrogens is 256 g/mol. The highest BCUT2D eigenvalue weighted by Gasteiger charge is 2.21. The maximum absolute atomic E-state index is 5.95. The van der Waals surface area contributed by atoms with E-state index in [-0.39, 0.29) is 0 Å². The monoisotopic (exact) mass is 280 g/mol. The lowest BCUT2D eigenvalue weighted by Crippen LogP contribution is -2.40. The Kier molecular flexibility index (Phi) is 5.68. The fourth-order valence-corrected chi connectivity index (χ4v) is 2.92. The zero-order valence-electron chi connectivity index (χ0n) is 12.0. The van der Waals surface area contributed by atoms with Crippen LogP contribution in [-0.2, 0) is 6.54 Å². The highest BCUT2D eigenvalue weighted by Crippen LogP contribution is 2.18. The van der Waals surface area contributed by atoms with Gasteiger partial charge in [-0.1, -0.05) is 37.6 Å². The molecule has 0 spiro atoms. The number of hydrogen-bond donors (Lipinski definition) is 1. The largest absolute Gasteiger partial charge is 0.315 e. The van der Waals surface area contributed by atoms with E-state index in [2.05, 4.69) is 36.2 Å². The molecule has 19 heavy (non-hydrogen) atoms. The molecule has 3 heteroatoms. The second-order valence-corrected chi connectivity index (χ2v) is 6.37. The smallest absolute Gasteiger partial charge is 0.0406 e. The van der Waals surface area contributed by atoms with Crippen LogP contribution in [0.15, 0.2) is 24.3 Å². The second kappa shape index (κ2) is 7.28. The van der Waals surface area contributed by atoms with E-state index < -0.39 is 0 Å². The molecule has 1 N–H and O–H groups in total. The molecule has 1 heterocycles. The molecule has 1 aliphatic rings. The van der Waals surface area contributed by atoms with Crippen molar-refractivity contribution in [1.29, 1.82) is 0 Å². The molecule has 1 aromatic rings. The molecule has 0 radical (unpaired) electrons. The molecule has 0 bridgehead atoms. The summed E-state index contributed by atoms with van der Waals surface area (Å²) in [7, 11) is 0. The summed E-state index contributed by atoms with van der Waals surface area (Å²) >= 11 is 5.95. The van der Waals surface area contributed by atoms with Crippen LogP contribution in [0.3, 0.4) is 0 Å². The Hall–Kier alpha value is -0.570. The van der Waals surface area contributed by atoms with E-state index >= 15 is 0 Å². The van der Waals surface area contributed by atoms with Crippen LogP contribution in [0.4, 0.5) is 0 Å². The van der Waals surface area contributed by atoms with Gasteiger partial charge >= 0.3 is 0 Å². The van der Waals surface area contributed by atoms with Crippen molar-refractivity contribution in [2.45, 2.75) is 39.3 Å². The predicted octanol–water partition coefficient (Wildman–Crippen LogP) is 3.55. The van der Waals surface area contributed by atoms with E-state index in [1.54, 1.807) is 0 Å². The van der Waals surface area contributed by atoms with Gasteiger partial charge in [-0.25, -0.2) is 0 Å². The average molecular weight is 281 g/mol. The first-order valence-electron chi connectivity index (χ1n) is 7.34. The maximum Gasteiger partial charge on any atom is 0.0406 e. The van der Waals surface area contributed by atoms with Crippen molar-refractivity contribution in [3.8, 4) is 0 Å². The molecule has 1 unspecified atom stereocenters. The first kappa shape index (κ1) is 14.8. The molecule has 2 rings (SSSR count). The number of nitrogens with zero attached hydrogens (tertiary/aromatic N) is 1. The fourth-order valence-electron chi connectivity index (χ4n) is 2.80. The average Bonchev–Trinajstić information content (AvgIpc) is 2.58. The van der Waals surface area contributed by atoms with E-state index in [4.69, 9.17) is 11.6 Å². The number of nitrogens with one attached hydrogen (secondary N) is 1. The molecule has 1 atom stereocenters. The summed E-state index contributed by atoms with van der Waals surface area (Å²) < 4.78 is 0. The molecule has 0 amide bonds. The number of benzene rings is 1. The van der Waals surface area contributed by atoms with E-state index in [9.17, 15) is 0 Å². The third-order valence-electron chi connectivity index (χ3n) is 3.74. The summed E-state index contributed by atoms with van der Waals surface area (Å²) in [5.74, 6) is 0.748. The Bertz CT molecular complexity index is 375. The van der Waals surface area contributed by atoms with Crippen LogP contribution >= 0.6 is 11.6 Å². The second-order valence-electron chi connectivity index (χ2n) is 5.94. The van der Waals surface area contributed by atoms with Crippen LogP contribution in [0, 0.1) is 5.92 Å². The Labute approximate surface area is 122 Å². The van der Waals surface area contributed by atoms with Gasteiger partial charge < -0.3 is 5.32 Å². The van der Waals surface area contributed by atoms with Crippen LogP contribution < -0.4 is 5.32 Å². The molecular formula is C16H25ClN2. The predicted molar refractivity (Wildman–Crippen MR) is 82.6 cm³/mol. The highest BCUT2D eigenvalue weighted by atomic mass is 35.5. The minimum absolute atomic E-state index is 0.651. The summed E-state index contributed by atoms with van der Waals surface area (Å²) in [5.41, 5.74) is 1.36. The van der Waals surface area contributed by atoms with Gasteiger partial charge in [0.15, 0.2) is 0 Å². The SMILES string of the molecule is CC(C)CC1CNCCCN1Cc1ccc(Cl)cc1. The maximum atomic E-state index is 5.95. The normalized spacial score (nSPS) is 21.6. The van der Waals surface area contributed by atoms with Crippen LogP contribution in [0.25, 0.3) is 0 Å². The van der Waals surface area contributed by atoms with Gasteiger partial charge in [-0.05, 0) is 43.0 Å². The quantitative estimate of drug-likeness (QED) is 0.907. The van der Waals surface area contributed by atoms with Gasteiger partial charge in [0, 0.05) is 30.7 Å². The summed E-state index contributed by atoms with van der Waals surface area (Å²) in [5, 5.41) is 4.38. The van der Waals surface area contributed by atoms with E-state index in [1.165, 1.54) is 24.9 Å². The van der Waals surface area contributed by atoms with Gasteiger partial charge in [-0.15, -0.1) is 0 Å². The molecule has 0 aliphatic carbocycles. The Balaban J connectivity index is 2.02. The van der Waals surface area contributed by atoms with Crippen molar-refractivity contribution in [2.75, 3.05) is 19.6 Å². The van der Waals surface area contributed by atoms with Crippen LogP contribution in [0.5, 0.6) is 0 Å². The van der Waals surface area contributed by atoms with Crippen molar-refractivity contribution in [3.05, 3.63) is 34.9 Å². The van der Waals surface area contributed by atoms with Crippen molar-refractivity contribution in [1.82, 2.24) is 10.2 Å². The lowest BCUT2D eigenvalue weighted by molar-refractivity contribution is 0.177. The minimum atomic E-state index is 0.651. The van der Waals surface area contributed by atoms with Gasteiger partial charge in [-0.2, -0.15) is 0 Å². The summed E-state index contributed by atoms with van der Waals surface area (Å²) in [4.78, 5) is 2.63. The molecule has 1 aromatic carbocycles. The third-order valence-corrected chi connectivity index (χ3v) is 3.99. The van der Waals surface area contributed by atoms with E-state index in [0.717, 1.165) is 30.6 Å². The first-order valence-corrected chi connectivity index (χ1v) is 7.72. The van der Waals surface area contributed by atoms with Crippen LogP contribution in [0.1, 0.15) is 32.3 Å². The van der Waals surface area contributed by atoms with Gasteiger partial charge in [0.2, 0.25) is 0 Å². The van der Waals surface area contributed by atoms with E-state index in [1.807, 2.05) is 12.1 Å². The molecule has 0 aromatic heterocycles. The molecule has 1 saturated heterocycles. The molecule has 106 valence electrons. The standard InChI is InChI=1S/C16H25ClN2/c1-13(2)10-16-11-18-8-3-9-19(16)12-14-4-6-15(17)7-5-14/h4-7,13,16,18H,3,8-12H2,1-2H3. The number of rotatable bonds is 4. The topological polar surface area (TPSA) is 15.3 Å². The van der Waals surface area contributed by atoms with Crippen molar-refractivity contribution in [3.63, 3.8) is 0 Å². The number of halogens is 1. The van der Waals surface area contributed by atoms with Crippen molar-refractivity contribution in [2.24, 2.45) is 5.92 Å². The van der Waals surface area contributed by atoms with Gasteiger partial charge in [0.05, 0.1) is 0 Å². The Morgan fingerprint density at radius 1 is 1.32 bits per heavy atom. The zero-order chi connectivity index (χ0) is 13.7. The lowest BCUT2D eigenvalue weighted by Gasteiger charge is -2.31. The Morgan fingerprint density at radius 2 is 2.05 bits per heavy atom. The molecule has 2 nitrogen and oxygen atoms in total. The number of hydrogen-bond acceptors (Lipinski definition) is 2. The van der Waals surface area contributed by atoms with Crippen molar-refractivity contribution < 1.29 is 0 Å². The van der Waals surface area contributed by atoms with E-state index in [0.29, 0.717) is 6.04 Å². The third kappa shape index (κ3) is 4.79. The summed E-state index contributed by atoms with van der Waals surface area (Å²) in [6, 6.07) is 8.92. The highest BCUT2D eigenvalue weighted by molar-refractivity contribution is 6.30. The van der Waals surface area contributed by atoms with Gasteiger partial charge in [-0.3, -0.25) is 4.90 Å². The lowest BCUT2D eigenvalue weighted by atomic mass is 10.0. The Morgan fingerprint density at radius 3 is 2.74 bits per heavy atom. The summed E-state index contributed by atoms with van der Waals surface area (Å²) in [6.45, 7) is 9.11. The summed E-state index contributed by atoms with van der Waals surface area (Å²) in [6.07, 6.45) is 2.50. The van der Waals surface area contributed by atoms with Crippen molar-refractivity contribution >= 4 is 11.6 Å². The molecule has 1 fully saturated rings. The molecule has 1 aliphatic heterocycles. The first-order chi connectivity index (χ1) is 9.15. The van der Waals surface area contributed by atoms with Crippen LogP contribution in [-0.4, -0.2) is 30.6 Å². The minimum Gasteiger partial charge on any atom is -0.315 e. The van der Waals surface area contributed by atoms with Crippen LogP contribution in [0.2, 0.25) is 5.02 Å².